The van der Waals surface area contributed by atoms with Crippen LogP contribution in [0.5, 0.6) is 17.4 Å². The minimum absolute atomic E-state index is 0.141. The Morgan fingerprint density at radius 1 is 1.05 bits per heavy atom. The second-order valence-electron chi connectivity index (χ2n) is 8.61. The summed E-state index contributed by atoms with van der Waals surface area (Å²) in [5.74, 6) is -0.920. The third-order valence-corrected chi connectivity index (χ3v) is 6.39. The lowest BCUT2D eigenvalue weighted by molar-refractivity contribution is 0.0978. The quantitative estimate of drug-likeness (QED) is 0.335. The maximum absolute atomic E-state index is 14.4. The number of benzene rings is 2. The Morgan fingerprint density at radius 2 is 1.84 bits per heavy atom. The first-order valence-electron chi connectivity index (χ1n) is 11.3. The molecule has 0 aliphatic carbocycles. The van der Waals surface area contributed by atoms with E-state index in [9.17, 15) is 17.6 Å². The van der Waals surface area contributed by atoms with Gasteiger partial charge in [0.15, 0.2) is 5.03 Å². The van der Waals surface area contributed by atoms with E-state index in [1.165, 1.54) is 36.5 Å². The van der Waals surface area contributed by atoms with Crippen LogP contribution in [0.4, 0.5) is 4.39 Å². The summed E-state index contributed by atoms with van der Waals surface area (Å²) in [5.41, 5.74) is 2.32. The van der Waals surface area contributed by atoms with Gasteiger partial charge in [-0.1, -0.05) is 17.7 Å². The first kappa shape index (κ1) is 25.8. The van der Waals surface area contributed by atoms with Crippen molar-refractivity contribution in [1.82, 2.24) is 19.9 Å². The van der Waals surface area contributed by atoms with Crippen LogP contribution < -0.4 is 14.2 Å². The fraction of sp³-hybridized carbons (Fsp3) is 0.192. The number of aromatic nitrogens is 3. The van der Waals surface area contributed by atoms with Crippen LogP contribution in [0.2, 0.25) is 0 Å². The van der Waals surface area contributed by atoms with E-state index in [2.05, 4.69) is 15.2 Å². The predicted octanol–water partition coefficient (Wildman–Crippen LogP) is 4.93. The molecular formula is C26H25FN4O5S. The number of aromatic amines is 1. The molecule has 1 amide bonds. The highest BCUT2D eigenvalue weighted by Gasteiger charge is 2.25. The molecule has 9 nitrogen and oxygen atoms in total. The topological polar surface area (TPSA) is 123 Å². The van der Waals surface area contributed by atoms with E-state index in [4.69, 9.17) is 9.47 Å². The van der Waals surface area contributed by atoms with Crippen LogP contribution in [-0.4, -0.2) is 35.6 Å². The first-order valence-corrected chi connectivity index (χ1v) is 12.8. The van der Waals surface area contributed by atoms with Gasteiger partial charge in [0.05, 0.1) is 11.8 Å². The molecule has 0 saturated carbocycles. The SMILES string of the molecule is Cc1ccc(Oc2nc(-c3cc(F)cc(OC(C)C)c3)ccc2C(=O)NS(=O)(=O)c2cc[nH]n2)c(C)c1. The van der Waals surface area contributed by atoms with Crippen LogP contribution in [0.25, 0.3) is 11.3 Å². The number of carbonyl (C=O) groups is 1. The normalized spacial score (nSPS) is 11.4. The molecule has 0 aliphatic rings. The number of hydrogen-bond acceptors (Lipinski definition) is 7. The number of ether oxygens (including phenoxy) is 2. The van der Waals surface area contributed by atoms with Crippen molar-refractivity contribution in [2.24, 2.45) is 0 Å². The van der Waals surface area contributed by atoms with E-state index < -0.39 is 21.7 Å². The highest BCUT2D eigenvalue weighted by atomic mass is 32.2. The van der Waals surface area contributed by atoms with E-state index in [0.717, 1.165) is 11.1 Å². The monoisotopic (exact) mass is 524 g/mol. The number of sulfonamides is 1. The molecule has 0 aliphatic heterocycles. The number of nitrogens with zero attached hydrogens (tertiary/aromatic N) is 2. The molecule has 0 bridgehead atoms. The van der Waals surface area contributed by atoms with Gasteiger partial charge in [-0.25, -0.2) is 14.1 Å². The molecule has 2 aromatic heterocycles. The highest BCUT2D eigenvalue weighted by Crippen LogP contribution is 2.32. The molecule has 0 spiro atoms. The van der Waals surface area contributed by atoms with Gasteiger partial charge in [-0.15, -0.1) is 0 Å². The molecule has 0 fully saturated rings. The van der Waals surface area contributed by atoms with Gasteiger partial charge in [0.2, 0.25) is 5.88 Å². The van der Waals surface area contributed by atoms with Gasteiger partial charge in [-0.3, -0.25) is 9.89 Å². The van der Waals surface area contributed by atoms with E-state index in [1.807, 2.05) is 44.5 Å². The predicted molar refractivity (Wildman–Crippen MR) is 135 cm³/mol. The van der Waals surface area contributed by atoms with E-state index in [0.29, 0.717) is 22.8 Å². The molecule has 0 saturated heterocycles. The number of carbonyl (C=O) groups excluding carboxylic acids is 1. The van der Waals surface area contributed by atoms with Crippen LogP contribution in [0.3, 0.4) is 0 Å². The summed E-state index contributed by atoms with van der Waals surface area (Å²) < 4.78 is 53.1. The molecular weight excluding hydrogens is 499 g/mol. The van der Waals surface area contributed by atoms with Gasteiger partial charge in [-0.2, -0.15) is 13.5 Å². The zero-order valence-electron chi connectivity index (χ0n) is 20.6. The lowest BCUT2D eigenvalue weighted by Gasteiger charge is -2.15. The third-order valence-electron chi connectivity index (χ3n) is 5.16. The number of H-pyrrole nitrogens is 1. The van der Waals surface area contributed by atoms with Crippen LogP contribution in [-0.2, 0) is 10.0 Å². The lowest BCUT2D eigenvalue weighted by Crippen LogP contribution is -2.31. The summed E-state index contributed by atoms with van der Waals surface area (Å²) in [5, 5.41) is 5.66. The summed E-state index contributed by atoms with van der Waals surface area (Å²) >= 11 is 0. The Hall–Kier alpha value is -4.25. The van der Waals surface area contributed by atoms with Crippen molar-refractivity contribution in [2.45, 2.75) is 38.8 Å². The zero-order valence-corrected chi connectivity index (χ0v) is 21.4. The average Bonchev–Trinajstić information content (AvgIpc) is 3.36. The molecule has 0 atom stereocenters. The van der Waals surface area contributed by atoms with Gasteiger partial charge in [0.1, 0.15) is 22.9 Å². The number of amides is 1. The Kier molecular flexibility index (Phi) is 7.25. The molecule has 4 aromatic rings. The lowest BCUT2D eigenvalue weighted by atomic mass is 10.1. The average molecular weight is 525 g/mol. The minimum Gasteiger partial charge on any atom is -0.491 e. The summed E-state index contributed by atoms with van der Waals surface area (Å²) in [7, 11) is -4.24. The summed E-state index contributed by atoms with van der Waals surface area (Å²) in [6.07, 6.45) is 1.15. The van der Waals surface area contributed by atoms with E-state index in [1.54, 1.807) is 12.1 Å². The molecule has 4 rings (SSSR count). The number of halogens is 1. The molecule has 2 aromatic carbocycles. The van der Waals surface area contributed by atoms with Gasteiger partial charge < -0.3 is 9.47 Å². The van der Waals surface area contributed by atoms with Crippen molar-refractivity contribution in [3.63, 3.8) is 0 Å². The number of nitrogens with one attached hydrogen (secondary N) is 2. The number of rotatable bonds is 8. The molecule has 2 heterocycles. The Balaban J connectivity index is 1.77. The van der Waals surface area contributed by atoms with Gasteiger partial charge in [0, 0.05) is 17.8 Å². The third kappa shape index (κ3) is 6.12. The van der Waals surface area contributed by atoms with Crippen molar-refractivity contribution in [2.75, 3.05) is 0 Å². The minimum atomic E-state index is -4.24. The first-order chi connectivity index (χ1) is 17.5. The van der Waals surface area contributed by atoms with Crippen molar-refractivity contribution in [1.29, 1.82) is 0 Å². The Bertz CT molecular complexity index is 1550. The largest absolute Gasteiger partial charge is 0.491 e. The Labute approximate surface area is 213 Å². The van der Waals surface area contributed by atoms with E-state index >= 15 is 0 Å². The summed E-state index contributed by atoms with van der Waals surface area (Å²) in [6.45, 7) is 7.40. The van der Waals surface area contributed by atoms with Gasteiger partial charge in [0.25, 0.3) is 15.9 Å². The standard InChI is InChI=1S/C26H25FN4O5S/c1-15(2)35-20-13-18(12-19(27)14-20)22-7-6-21(25(32)31-37(33,34)24-9-10-28-30-24)26(29-22)36-23-8-5-16(3)11-17(23)4/h5-15H,1-4H3,(H,28,30)(H,31,32). The fourth-order valence-electron chi connectivity index (χ4n) is 3.55. The van der Waals surface area contributed by atoms with Crippen molar-refractivity contribution >= 4 is 15.9 Å². The molecule has 192 valence electrons. The van der Waals surface area contributed by atoms with Gasteiger partial charge >= 0.3 is 0 Å². The second-order valence-corrected chi connectivity index (χ2v) is 10.2. The smallest absolute Gasteiger partial charge is 0.283 e. The highest BCUT2D eigenvalue weighted by molar-refractivity contribution is 7.90. The molecule has 0 unspecified atom stereocenters. The molecule has 37 heavy (non-hydrogen) atoms. The number of hydrogen-bond donors (Lipinski definition) is 2. The van der Waals surface area contributed by atoms with Crippen molar-refractivity contribution in [3.8, 4) is 28.6 Å². The zero-order chi connectivity index (χ0) is 26.7. The maximum atomic E-state index is 14.4. The summed E-state index contributed by atoms with van der Waals surface area (Å²) in [6, 6.07) is 13.6. The fourth-order valence-corrected chi connectivity index (χ4v) is 4.42. The summed E-state index contributed by atoms with van der Waals surface area (Å²) in [4.78, 5) is 17.5. The van der Waals surface area contributed by atoms with Crippen LogP contribution >= 0.6 is 0 Å². The number of aryl methyl sites for hydroxylation is 2. The maximum Gasteiger partial charge on any atom is 0.283 e. The van der Waals surface area contributed by atoms with Crippen molar-refractivity contribution < 1.29 is 27.1 Å². The number of pyridine rings is 1. The van der Waals surface area contributed by atoms with Gasteiger partial charge in [-0.05, 0) is 69.7 Å². The molecule has 0 radical (unpaired) electrons. The van der Waals surface area contributed by atoms with Crippen molar-refractivity contribution in [3.05, 3.63) is 83.3 Å². The molecule has 2 N–H and O–H groups in total. The van der Waals surface area contributed by atoms with E-state index in [-0.39, 0.29) is 22.6 Å². The van der Waals surface area contributed by atoms with Crippen LogP contribution in [0.15, 0.2) is 65.8 Å². The molecule has 11 heteroatoms. The van der Waals surface area contributed by atoms with Crippen LogP contribution in [0.1, 0.15) is 35.3 Å². The van der Waals surface area contributed by atoms with Crippen LogP contribution in [0, 0.1) is 19.7 Å². The Morgan fingerprint density at radius 3 is 2.51 bits per heavy atom. The second kappa shape index (κ2) is 10.4.